The van der Waals surface area contributed by atoms with Crippen LogP contribution in [0, 0.1) is 6.92 Å². The summed E-state index contributed by atoms with van der Waals surface area (Å²) in [5.74, 6) is 0. The Morgan fingerprint density at radius 2 is 1.73 bits per heavy atom. The predicted molar refractivity (Wildman–Crippen MR) is 96.6 cm³/mol. The predicted octanol–water partition coefficient (Wildman–Crippen LogP) is 5.36. The lowest BCUT2D eigenvalue weighted by Gasteiger charge is -2.23. The Morgan fingerprint density at radius 3 is 2.36 bits per heavy atom. The van der Waals surface area contributed by atoms with E-state index in [2.05, 4.69) is 18.7 Å². The molecule has 1 aromatic carbocycles. The van der Waals surface area contributed by atoms with Crippen molar-refractivity contribution in [2.24, 2.45) is 0 Å². The molecule has 0 aliphatic carbocycles. The molecule has 0 aliphatic rings. The van der Waals surface area contributed by atoms with E-state index < -0.39 is 6.10 Å². The van der Waals surface area contributed by atoms with E-state index in [1.54, 1.807) is 0 Å². The van der Waals surface area contributed by atoms with Gasteiger partial charge in [0.25, 0.3) is 0 Å². The lowest BCUT2D eigenvalue weighted by atomic mass is 10.0. The minimum absolute atomic E-state index is 0.397. The van der Waals surface area contributed by atoms with Crippen molar-refractivity contribution in [3.63, 3.8) is 0 Å². The summed E-state index contributed by atoms with van der Waals surface area (Å²) in [5, 5.41) is 11.2. The molecule has 0 bridgehead atoms. The van der Waals surface area contributed by atoms with Crippen LogP contribution in [0.4, 0.5) is 0 Å². The van der Waals surface area contributed by atoms with Gasteiger partial charge in [-0.15, -0.1) is 0 Å². The van der Waals surface area contributed by atoms with Gasteiger partial charge in [-0.1, -0.05) is 56.8 Å². The number of rotatable bonds is 11. The van der Waals surface area contributed by atoms with Gasteiger partial charge < -0.3 is 10.0 Å². The molecule has 0 aromatic heterocycles. The normalized spacial score (nSPS) is 12.8. The van der Waals surface area contributed by atoms with Crippen LogP contribution >= 0.6 is 11.6 Å². The number of aryl methyl sites for hydroxylation is 1. The number of halogens is 1. The molecule has 22 heavy (non-hydrogen) atoms. The number of aliphatic hydroxyl groups excluding tert-OH is 1. The van der Waals surface area contributed by atoms with E-state index in [1.165, 1.54) is 32.1 Å². The second-order valence-corrected chi connectivity index (χ2v) is 6.62. The highest BCUT2D eigenvalue weighted by Crippen LogP contribution is 2.23. The average molecular weight is 326 g/mol. The molecule has 0 radical (unpaired) electrons. The Morgan fingerprint density at radius 1 is 1.05 bits per heavy atom. The lowest BCUT2D eigenvalue weighted by molar-refractivity contribution is 0.140. The minimum Gasteiger partial charge on any atom is -0.388 e. The van der Waals surface area contributed by atoms with Crippen molar-refractivity contribution in [3.05, 3.63) is 34.3 Å². The van der Waals surface area contributed by atoms with Gasteiger partial charge in [0.15, 0.2) is 0 Å². The van der Waals surface area contributed by atoms with Gasteiger partial charge >= 0.3 is 0 Å². The fourth-order valence-electron chi connectivity index (χ4n) is 2.65. The molecular formula is C19H32ClNO. The maximum atomic E-state index is 10.4. The van der Waals surface area contributed by atoms with E-state index in [4.69, 9.17) is 11.6 Å². The third-order valence-corrected chi connectivity index (χ3v) is 4.62. The van der Waals surface area contributed by atoms with Crippen molar-refractivity contribution < 1.29 is 5.11 Å². The van der Waals surface area contributed by atoms with Crippen molar-refractivity contribution in [2.75, 3.05) is 19.6 Å². The van der Waals surface area contributed by atoms with E-state index in [1.807, 2.05) is 25.1 Å². The quantitative estimate of drug-likeness (QED) is 0.553. The first kappa shape index (κ1) is 19.5. The maximum absolute atomic E-state index is 10.4. The molecule has 0 spiro atoms. The molecule has 0 aliphatic heterocycles. The van der Waals surface area contributed by atoms with Crippen LogP contribution in [-0.4, -0.2) is 29.6 Å². The molecule has 0 heterocycles. The van der Waals surface area contributed by atoms with Crippen LogP contribution < -0.4 is 0 Å². The SMILES string of the molecule is CCCCCN(CCCC)CCC(O)c1ccc(Cl)c(C)c1. The van der Waals surface area contributed by atoms with E-state index in [0.29, 0.717) is 0 Å². The smallest absolute Gasteiger partial charge is 0.0802 e. The van der Waals surface area contributed by atoms with Gasteiger partial charge in [-0.2, -0.15) is 0 Å². The number of aliphatic hydroxyl groups is 1. The topological polar surface area (TPSA) is 23.5 Å². The van der Waals surface area contributed by atoms with Crippen LogP contribution in [0.1, 0.15) is 69.6 Å². The largest absolute Gasteiger partial charge is 0.388 e. The number of nitrogens with zero attached hydrogens (tertiary/aromatic N) is 1. The van der Waals surface area contributed by atoms with Gasteiger partial charge in [-0.25, -0.2) is 0 Å². The van der Waals surface area contributed by atoms with Crippen LogP contribution in [0.3, 0.4) is 0 Å². The summed E-state index contributed by atoms with van der Waals surface area (Å²) in [6.07, 6.45) is 6.67. The monoisotopic (exact) mass is 325 g/mol. The Labute approximate surface area is 141 Å². The molecule has 1 atom stereocenters. The second kappa shape index (κ2) is 11.0. The number of hydrogen-bond acceptors (Lipinski definition) is 2. The summed E-state index contributed by atoms with van der Waals surface area (Å²) in [5.41, 5.74) is 2.01. The molecule has 0 saturated heterocycles. The standard InChI is InChI=1S/C19H32ClNO/c1-4-6-8-13-21(12-7-5-2)14-11-19(22)17-9-10-18(20)16(3)15-17/h9-10,15,19,22H,4-8,11-14H2,1-3H3. The summed E-state index contributed by atoms with van der Waals surface area (Å²) in [7, 11) is 0. The third-order valence-electron chi connectivity index (χ3n) is 4.19. The van der Waals surface area contributed by atoms with Crippen LogP contribution in [0.15, 0.2) is 18.2 Å². The molecule has 0 fully saturated rings. The molecule has 1 rings (SSSR count). The molecule has 3 heteroatoms. The molecule has 126 valence electrons. The highest BCUT2D eigenvalue weighted by atomic mass is 35.5. The fraction of sp³-hybridized carbons (Fsp3) is 0.684. The van der Waals surface area contributed by atoms with Gasteiger partial charge in [0.1, 0.15) is 0 Å². The summed E-state index contributed by atoms with van der Waals surface area (Å²) < 4.78 is 0. The molecular weight excluding hydrogens is 294 g/mol. The zero-order chi connectivity index (χ0) is 16.4. The molecule has 0 saturated carbocycles. The summed E-state index contributed by atoms with van der Waals surface area (Å²) >= 11 is 6.05. The molecule has 1 N–H and O–H groups in total. The van der Waals surface area contributed by atoms with Gasteiger partial charge in [0.2, 0.25) is 0 Å². The Balaban J connectivity index is 2.48. The molecule has 1 aromatic rings. The highest BCUT2D eigenvalue weighted by molar-refractivity contribution is 6.31. The number of benzene rings is 1. The van der Waals surface area contributed by atoms with Gasteiger partial charge in [-0.05, 0) is 56.5 Å². The number of unbranched alkanes of at least 4 members (excludes halogenated alkanes) is 3. The van der Waals surface area contributed by atoms with Crippen molar-refractivity contribution in [1.82, 2.24) is 4.90 Å². The first-order valence-electron chi connectivity index (χ1n) is 8.75. The summed E-state index contributed by atoms with van der Waals surface area (Å²) in [4.78, 5) is 2.51. The van der Waals surface area contributed by atoms with Gasteiger partial charge in [-0.3, -0.25) is 0 Å². The summed E-state index contributed by atoms with van der Waals surface area (Å²) in [6.45, 7) is 9.72. The van der Waals surface area contributed by atoms with Crippen LogP contribution in [0.25, 0.3) is 0 Å². The zero-order valence-corrected chi connectivity index (χ0v) is 15.2. The lowest BCUT2D eigenvalue weighted by Crippen LogP contribution is -2.28. The first-order chi connectivity index (χ1) is 10.6. The van der Waals surface area contributed by atoms with Crippen LogP contribution in [-0.2, 0) is 0 Å². The minimum atomic E-state index is -0.397. The van der Waals surface area contributed by atoms with Crippen molar-refractivity contribution >= 4 is 11.6 Å². The van der Waals surface area contributed by atoms with E-state index in [0.717, 1.165) is 42.2 Å². The molecule has 2 nitrogen and oxygen atoms in total. The van der Waals surface area contributed by atoms with Crippen LogP contribution in [0.2, 0.25) is 5.02 Å². The van der Waals surface area contributed by atoms with Gasteiger partial charge in [0.05, 0.1) is 6.10 Å². The summed E-state index contributed by atoms with van der Waals surface area (Å²) in [6, 6.07) is 5.82. The maximum Gasteiger partial charge on any atom is 0.0802 e. The van der Waals surface area contributed by atoms with Gasteiger partial charge in [0, 0.05) is 11.6 Å². The number of hydrogen-bond donors (Lipinski definition) is 1. The Hall–Kier alpha value is -0.570. The zero-order valence-electron chi connectivity index (χ0n) is 14.4. The third kappa shape index (κ3) is 7.13. The second-order valence-electron chi connectivity index (χ2n) is 6.22. The first-order valence-corrected chi connectivity index (χ1v) is 9.12. The van der Waals surface area contributed by atoms with Crippen molar-refractivity contribution in [2.45, 2.75) is 65.4 Å². The highest BCUT2D eigenvalue weighted by Gasteiger charge is 2.12. The van der Waals surface area contributed by atoms with E-state index >= 15 is 0 Å². The van der Waals surface area contributed by atoms with Crippen molar-refractivity contribution in [3.8, 4) is 0 Å². The van der Waals surface area contributed by atoms with E-state index in [9.17, 15) is 5.11 Å². The van der Waals surface area contributed by atoms with Crippen molar-refractivity contribution in [1.29, 1.82) is 0 Å². The fourth-order valence-corrected chi connectivity index (χ4v) is 2.77. The molecule has 1 unspecified atom stereocenters. The Bertz CT molecular complexity index is 422. The van der Waals surface area contributed by atoms with E-state index in [-0.39, 0.29) is 0 Å². The average Bonchev–Trinajstić information content (AvgIpc) is 2.52. The molecule has 0 amide bonds. The Kier molecular flexibility index (Phi) is 9.77. The van der Waals surface area contributed by atoms with Crippen LogP contribution in [0.5, 0.6) is 0 Å².